The van der Waals surface area contributed by atoms with Crippen molar-refractivity contribution in [2.24, 2.45) is 11.5 Å². The molecule has 1 aliphatic rings. The average molecular weight is 394 g/mol. The second kappa shape index (κ2) is 8.23. The Labute approximate surface area is 167 Å². The van der Waals surface area contributed by atoms with Crippen molar-refractivity contribution in [2.75, 3.05) is 10.6 Å². The summed E-state index contributed by atoms with van der Waals surface area (Å²) in [7, 11) is 0. The van der Waals surface area contributed by atoms with E-state index in [4.69, 9.17) is 11.5 Å². The van der Waals surface area contributed by atoms with Crippen LogP contribution in [0.15, 0.2) is 42.9 Å². The molecule has 0 radical (unpaired) electrons. The summed E-state index contributed by atoms with van der Waals surface area (Å²) in [5.74, 6) is 0.306. The molecule has 29 heavy (non-hydrogen) atoms. The molecule has 0 bridgehead atoms. The molecule has 2 atom stereocenters. The normalized spacial score (nSPS) is 18.9. The number of carbonyl (C=O) groups is 1. The molecule has 150 valence electrons. The number of amides is 1. The molecule has 0 aliphatic heterocycles. The minimum atomic E-state index is -0.581. The molecule has 7 N–H and O–H groups in total. The quantitative estimate of drug-likeness (QED) is 0.487. The van der Waals surface area contributed by atoms with Gasteiger partial charge in [-0.2, -0.15) is 15.0 Å². The first-order valence-corrected chi connectivity index (χ1v) is 9.58. The molecule has 0 spiro atoms. The Balaban J connectivity index is 1.60. The number of nitrogens with two attached hydrogens (primary N) is 2. The highest BCUT2D eigenvalue weighted by Crippen LogP contribution is 2.22. The summed E-state index contributed by atoms with van der Waals surface area (Å²) in [6, 6.07) is 7.66. The number of nitrogens with one attached hydrogen (secondary N) is 3. The standard InChI is InChI=1S/C19H23N9O/c20-15-6-1-2-7-16(15)26-19-22-11-14(17(21)29)18(27-19)25-12-4-3-5-13(10-12)28-23-8-9-24-28/h3-5,8-11,15-16H,1-2,6-7,20H2,(H2,21,29)(H2,22,25,26,27)/p+1. The van der Waals surface area contributed by atoms with E-state index >= 15 is 0 Å². The second-order valence-electron chi connectivity index (χ2n) is 7.07. The summed E-state index contributed by atoms with van der Waals surface area (Å²) >= 11 is 0. The van der Waals surface area contributed by atoms with Gasteiger partial charge in [-0.05, 0) is 37.5 Å². The van der Waals surface area contributed by atoms with Crippen molar-refractivity contribution in [1.82, 2.24) is 20.0 Å². The topological polar surface area (TPSA) is 151 Å². The van der Waals surface area contributed by atoms with Gasteiger partial charge in [0.1, 0.15) is 5.56 Å². The molecule has 0 saturated heterocycles. The lowest BCUT2D eigenvalue weighted by atomic mass is 9.91. The van der Waals surface area contributed by atoms with Gasteiger partial charge in [-0.15, -0.1) is 0 Å². The van der Waals surface area contributed by atoms with Crippen molar-refractivity contribution in [3.63, 3.8) is 0 Å². The molecular weight excluding hydrogens is 370 g/mol. The summed E-state index contributed by atoms with van der Waals surface area (Å²) in [5, 5.41) is 14.8. The van der Waals surface area contributed by atoms with Gasteiger partial charge in [0.25, 0.3) is 5.91 Å². The molecule has 1 amide bonds. The van der Waals surface area contributed by atoms with Gasteiger partial charge >= 0.3 is 5.95 Å². The summed E-state index contributed by atoms with van der Waals surface area (Å²) < 4.78 is 0. The summed E-state index contributed by atoms with van der Waals surface area (Å²) in [6.07, 6.45) is 9.00. The van der Waals surface area contributed by atoms with Crippen molar-refractivity contribution in [1.29, 1.82) is 0 Å². The fourth-order valence-electron chi connectivity index (χ4n) is 3.48. The smallest absolute Gasteiger partial charge is 0.365 e. The van der Waals surface area contributed by atoms with Crippen LogP contribution in [-0.4, -0.2) is 38.0 Å². The Hall–Kier alpha value is -3.53. The highest BCUT2D eigenvalue weighted by atomic mass is 16.1. The molecule has 10 heteroatoms. The number of rotatable bonds is 6. The number of carbonyl (C=O) groups excluding carboxylic acids is 1. The van der Waals surface area contributed by atoms with Crippen LogP contribution < -0.4 is 27.1 Å². The molecule has 2 unspecified atom stereocenters. The first kappa shape index (κ1) is 18.8. The van der Waals surface area contributed by atoms with E-state index in [2.05, 4.69) is 30.8 Å². The lowest BCUT2D eigenvalue weighted by molar-refractivity contribution is -0.365. The number of H-pyrrole nitrogens is 1. The van der Waals surface area contributed by atoms with Gasteiger partial charge in [0, 0.05) is 11.7 Å². The number of hydrogen-bond acceptors (Lipinski definition) is 7. The van der Waals surface area contributed by atoms with Crippen LogP contribution in [0.3, 0.4) is 0 Å². The average Bonchev–Trinajstić information content (AvgIpc) is 3.25. The third kappa shape index (κ3) is 4.32. The van der Waals surface area contributed by atoms with Gasteiger partial charge in [-0.1, -0.05) is 17.5 Å². The third-order valence-electron chi connectivity index (χ3n) is 5.00. The van der Waals surface area contributed by atoms with E-state index in [1.165, 1.54) is 4.80 Å². The van der Waals surface area contributed by atoms with Gasteiger partial charge < -0.3 is 16.8 Å². The number of primary amides is 1. The number of benzene rings is 1. The van der Waals surface area contributed by atoms with E-state index in [1.807, 2.05) is 24.3 Å². The van der Waals surface area contributed by atoms with Crippen LogP contribution in [-0.2, 0) is 0 Å². The molecule has 10 nitrogen and oxygen atoms in total. The lowest BCUT2D eigenvalue weighted by Crippen LogP contribution is -2.44. The van der Waals surface area contributed by atoms with Crippen molar-refractivity contribution in [3.8, 4) is 5.69 Å². The van der Waals surface area contributed by atoms with Crippen LogP contribution in [0.25, 0.3) is 5.69 Å². The molecule has 2 heterocycles. The number of nitrogens with zero attached hydrogens (tertiary/aromatic N) is 4. The maximum Gasteiger partial charge on any atom is 0.391 e. The van der Waals surface area contributed by atoms with E-state index < -0.39 is 5.91 Å². The first-order chi connectivity index (χ1) is 14.1. The highest BCUT2D eigenvalue weighted by Gasteiger charge is 2.27. The summed E-state index contributed by atoms with van der Waals surface area (Å²) in [5.41, 5.74) is 13.5. The number of aromatic nitrogens is 5. The van der Waals surface area contributed by atoms with Crippen molar-refractivity contribution in [2.45, 2.75) is 37.8 Å². The molecule has 3 aromatic rings. The minimum absolute atomic E-state index is 0.0735. The van der Waals surface area contributed by atoms with E-state index in [-0.39, 0.29) is 17.6 Å². The van der Waals surface area contributed by atoms with Crippen LogP contribution in [0.2, 0.25) is 0 Å². The lowest BCUT2D eigenvalue weighted by Gasteiger charge is -2.26. The summed E-state index contributed by atoms with van der Waals surface area (Å²) in [4.78, 5) is 20.9. The largest absolute Gasteiger partial charge is 0.391 e. The van der Waals surface area contributed by atoms with Crippen molar-refractivity contribution < 1.29 is 9.78 Å². The first-order valence-electron chi connectivity index (χ1n) is 9.58. The zero-order valence-corrected chi connectivity index (χ0v) is 15.9. The molecule has 1 saturated carbocycles. The van der Waals surface area contributed by atoms with Gasteiger partial charge in [-0.25, -0.2) is 4.98 Å². The predicted molar refractivity (Wildman–Crippen MR) is 108 cm³/mol. The Kier molecular flexibility index (Phi) is 5.34. The van der Waals surface area contributed by atoms with Crippen LogP contribution in [0.5, 0.6) is 0 Å². The molecule has 1 aliphatic carbocycles. The fraction of sp³-hybridized carbons (Fsp3) is 0.316. The molecule has 1 aromatic carbocycles. The molecule has 2 aromatic heterocycles. The zero-order chi connectivity index (χ0) is 20.2. The monoisotopic (exact) mass is 394 g/mol. The van der Waals surface area contributed by atoms with Crippen LogP contribution in [0, 0.1) is 0 Å². The molecule has 4 rings (SSSR count). The maximum absolute atomic E-state index is 11.9. The highest BCUT2D eigenvalue weighted by molar-refractivity contribution is 5.97. The van der Waals surface area contributed by atoms with Gasteiger partial charge in [0.15, 0.2) is 0 Å². The third-order valence-corrected chi connectivity index (χ3v) is 5.00. The Morgan fingerprint density at radius 1 is 1.21 bits per heavy atom. The van der Waals surface area contributed by atoms with E-state index in [0.29, 0.717) is 11.8 Å². The number of anilines is 3. The molecular formula is C19H24N9O+. The van der Waals surface area contributed by atoms with Gasteiger partial charge in [-0.3, -0.25) is 10.1 Å². The van der Waals surface area contributed by atoms with Crippen LogP contribution >= 0.6 is 0 Å². The SMILES string of the molecule is NC(=O)c1c[nH+]c(NC2CCCCC2N)nc1Nc1cccc(-n2nccn2)c1. The van der Waals surface area contributed by atoms with E-state index in [9.17, 15) is 4.79 Å². The number of aromatic amines is 1. The van der Waals surface area contributed by atoms with Crippen LogP contribution in [0.1, 0.15) is 36.0 Å². The van der Waals surface area contributed by atoms with Crippen LogP contribution in [0.4, 0.5) is 17.5 Å². The van der Waals surface area contributed by atoms with Gasteiger partial charge in [0.05, 0.1) is 30.3 Å². The summed E-state index contributed by atoms with van der Waals surface area (Å²) in [6.45, 7) is 0. The van der Waals surface area contributed by atoms with E-state index in [0.717, 1.165) is 37.1 Å². The van der Waals surface area contributed by atoms with Crippen molar-refractivity contribution in [3.05, 3.63) is 48.4 Å². The Morgan fingerprint density at radius 3 is 2.76 bits per heavy atom. The predicted octanol–water partition coefficient (Wildman–Crippen LogP) is 1.00. The van der Waals surface area contributed by atoms with E-state index in [1.54, 1.807) is 18.6 Å². The maximum atomic E-state index is 11.9. The zero-order valence-electron chi connectivity index (χ0n) is 15.9. The Morgan fingerprint density at radius 2 is 2.00 bits per heavy atom. The number of hydrogen-bond donors (Lipinski definition) is 4. The van der Waals surface area contributed by atoms with Gasteiger partial charge in [0.2, 0.25) is 5.82 Å². The molecule has 1 fully saturated rings. The van der Waals surface area contributed by atoms with Crippen molar-refractivity contribution >= 4 is 23.4 Å². The minimum Gasteiger partial charge on any atom is -0.365 e. The second-order valence-corrected chi connectivity index (χ2v) is 7.07. The Bertz CT molecular complexity index is 989. The fourth-order valence-corrected chi connectivity index (χ4v) is 3.48.